The van der Waals surface area contributed by atoms with Gasteiger partial charge in [0.2, 0.25) is 0 Å². The Morgan fingerprint density at radius 3 is 2.75 bits per heavy atom. The monoisotopic (exact) mass is 222 g/mol. The van der Waals surface area contributed by atoms with Crippen molar-refractivity contribution in [1.82, 2.24) is 4.98 Å². The number of ether oxygens (including phenoxy) is 1. The molecule has 1 heterocycles. The first-order valence-electron chi connectivity index (χ1n) is 5.31. The van der Waals surface area contributed by atoms with Crippen molar-refractivity contribution in [2.24, 2.45) is 0 Å². The van der Waals surface area contributed by atoms with Gasteiger partial charge in [-0.25, -0.2) is 4.98 Å². The third-order valence-electron chi connectivity index (χ3n) is 2.40. The molecule has 1 aromatic rings. The van der Waals surface area contributed by atoms with Crippen LogP contribution in [0.3, 0.4) is 0 Å². The van der Waals surface area contributed by atoms with Gasteiger partial charge in [0.25, 0.3) is 0 Å². The molecule has 0 aliphatic carbocycles. The number of hydrogen-bond donors (Lipinski definition) is 0. The summed E-state index contributed by atoms with van der Waals surface area (Å²) < 4.78 is 4.68. The molecule has 0 aromatic carbocycles. The van der Waals surface area contributed by atoms with E-state index in [-0.39, 0.29) is 18.6 Å². The lowest BCUT2D eigenvalue weighted by Crippen LogP contribution is -2.37. The van der Waals surface area contributed by atoms with Gasteiger partial charge in [0.05, 0.1) is 7.11 Å². The van der Waals surface area contributed by atoms with Crippen LogP contribution < -0.4 is 4.90 Å². The lowest BCUT2D eigenvalue weighted by atomic mass is 10.2. The molecular weight excluding hydrogens is 204 g/mol. The van der Waals surface area contributed by atoms with E-state index in [4.69, 9.17) is 0 Å². The summed E-state index contributed by atoms with van der Waals surface area (Å²) in [5, 5.41) is 0. The third-order valence-corrected chi connectivity index (χ3v) is 2.40. The van der Waals surface area contributed by atoms with Gasteiger partial charge in [0, 0.05) is 12.2 Å². The lowest BCUT2D eigenvalue weighted by Gasteiger charge is -2.27. The maximum Gasteiger partial charge on any atom is 0.325 e. The van der Waals surface area contributed by atoms with Crippen molar-refractivity contribution < 1.29 is 9.53 Å². The Hall–Kier alpha value is -1.58. The number of esters is 1. The van der Waals surface area contributed by atoms with Crippen molar-refractivity contribution in [1.29, 1.82) is 0 Å². The van der Waals surface area contributed by atoms with Gasteiger partial charge in [-0.2, -0.15) is 0 Å². The molecule has 0 amide bonds. The molecular formula is C12H18N2O2. The highest BCUT2D eigenvalue weighted by molar-refractivity contribution is 5.75. The van der Waals surface area contributed by atoms with Crippen LogP contribution in [0.2, 0.25) is 0 Å². The molecule has 4 nitrogen and oxygen atoms in total. The molecule has 0 aliphatic rings. The molecule has 0 saturated heterocycles. The highest BCUT2D eigenvalue weighted by atomic mass is 16.5. The minimum Gasteiger partial charge on any atom is -0.468 e. The van der Waals surface area contributed by atoms with Crippen LogP contribution in [0.25, 0.3) is 0 Å². The summed E-state index contributed by atoms with van der Waals surface area (Å²) in [6.07, 6.45) is 1.73. The van der Waals surface area contributed by atoms with Crippen molar-refractivity contribution in [3.05, 3.63) is 23.9 Å². The minimum atomic E-state index is -0.251. The molecule has 0 N–H and O–H groups in total. The van der Waals surface area contributed by atoms with Crippen LogP contribution in [0.15, 0.2) is 18.3 Å². The number of carbonyl (C=O) groups is 1. The number of pyridine rings is 1. The van der Waals surface area contributed by atoms with Crippen molar-refractivity contribution in [2.75, 3.05) is 18.6 Å². The molecule has 88 valence electrons. The van der Waals surface area contributed by atoms with E-state index in [9.17, 15) is 4.79 Å². The fourth-order valence-electron chi connectivity index (χ4n) is 1.48. The van der Waals surface area contributed by atoms with Crippen molar-refractivity contribution in [3.63, 3.8) is 0 Å². The molecule has 16 heavy (non-hydrogen) atoms. The van der Waals surface area contributed by atoms with E-state index in [1.165, 1.54) is 7.11 Å². The highest BCUT2D eigenvalue weighted by Crippen LogP contribution is 2.18. The first-order chi connectivity index (χ1) is 7.56. The normalized spacial score (nSPS) is 10.3. The molecule has 0 spiro atoms. The predicted molar refractivity (Wildman–Crippen MR) is 63.5 cm³/mol. The summed E-state index contributed by atoms with van der Waals surface area (Å²) in [4.78, 5) is 17.6. The highest BCUT2D eigenvalue weighted by Gasteiger charge is 2.17. The Labute approximate surface area is 96.2 Å². The van der Waals surface area contributed by atoms with E-state index in [1.54, 1.807) is 6.20 Å². The topological polar surface area (TPSA) is 42.4 Å². The van der Waals surface area contributed by atoms with E-state index in [0.29, 0.717) is 0 Å². The number of hydrogen-bond acceptors (Lipinski definition) is 4. The van der Waals surface area contributed by atoms with Gasteiger partial charge < -0.3 is 9.64 Å². The van der Waals surface area contributed by atoms with E-state index in [2.05, 4.69) is 9.72 Å². The second kappa shape index (κ2) is 5.49. The molecule has 0 fully saturated rings. The lowest BCUT2D eigenvalue weighted by molar-refractivity contribution is -0.139. The second-order valence-electron chi connectivity index (χ2n) is 3.94. The van der Waals surface area contributed by atoms with Gasteiger partial charge in [0.15, 0.2) is 0 Å². The summed E-state index contributed by atoms with van der Waals surface area (Å²) in [6, 6.07) is 4.07. The second-order valence-corrected chi connectivity index (χ2v) is 3.94. The summed E-state index contributed by atoms with van der Waals surface area (Å²) in [5.41, 5.74) is 1.06. The number of methoxy groups -OCH3 is 1. The van der Waals surface area contributed by atoms with Gasteiger partial charge >= 0.3 is 5.97 Å². The van der Waals surface area contributed by atoms with Crippen molar-refractivity contribution in [2.45, 2.75) is 26.8 Å². The maximum atomic E-state index is 11.3. The van der Waals surface area contributed by atoms with Crippen molar-refractivity contribution >= 4 is 11.8 Å². The summed E-state index contributed by atoms with van der Waals surface area (Å²) in [5.74, 6) is 0.585. The first-order valence-corrected chi connectivity index (χ1v) is 5.31. The summed E-state index contributed by atoms with van der Waals surface area (Å²) in [6.45, 7) is 6.26. The fourth-order valence-corrected chi connectivity index (χ4v) is 1.48. The molecule has 0 atom stereocenters. The van der Waals surface area contributed by atoms with Crippen LogP contribution in [-0.2, 0) is 9.53 Å². The largest absolute Gasteiger partial charge is 0.468 e. The van der Waals surface area contributed by atoms with Gasteiger partial charge in [-0.3, -0.25) is 4.79 Å². The Morgan fingerprint density at radius 2 is 2.25 bits per heavy atom. The third kappa shape index (κ3) is 2.95. The average molecular weight is 222 g/mol. The zero-order valence-corrected chi connectivity index (χ0v) is 10.2. The zero-order chi connectivity index (χ0) is 12.1. The summed E-state index contributed by atoms with van der Waals surface area (Å²) in [7, 11) is 1.39. The van der Waals surface area contributed by atoms with Gasteiger partial charge in [0.1, 0.15) is 12.4 Å². The average Bonchev–Trinajstić information content (AvgIpc) is 2.26. The molecule has 0 aliphatic heterocycles. The van der Waals surface area contributed by atoms with Gasteiger partial charge in [-0.05, 0) is 32.4 Å². The smallest absolute Gasteiger partial charge is 0.325 e. The molecule has 1 rings (SSSR count). The Bertz CT molecular complexity index is 364. The number of aromatic nitrogens is 1. The maximum absolute atomic E-state index is 11.3. The predicted octanol–water partition coefficient (Wildman–Crippen LogP) is 1.78. The first kappa shape index (κ1) is 12.5. The number of aryl methyl sites for hydroxylation is 1. The van der Waals surface area contributed by atoms with Crippen LogP contribution in [0.5, 0.6) is 0 Å². The van der Waals surface area contributed by atoms with Crippen LogP contribution in [0, 0.1) is 6.92 Å². The summed E-state index contributed by atoms with van der Waals surface area (Å²) >= 11 is 0. The SMILES string of the molecule is COC(=O)CN(c1ncccc1C)C(C)C. The number of nitrogens with zero attached hydrogens (tertiary/aromatic N) is 2. The van der Waals surface area contributed by atoms with E-state index in [0.717, 1.165) is 11.4 Å². The number of rotatable bonds is 4. The van der Waals surface area contributed by atoms with Crippen molar-refractivity contribution in [3.8, 4) is 0 Å². The van der Waals surface area contributed by atoms with Crippen LogP contribution in [0.1, 0.15) is 19.4 Å². The van der Waals surface area contributed by atoms with Crippen LogP contribution in [0.4, 0.5) is 5.82 Å². The van der Waals surface area contributed by atoms with Crippen LogP contribution >= 0.6 is 0 Å². The fraction of sp³-hybridized carbons (Fsp3) is 0.500. The van der Waals surface area contributed by atoms with E-state index >= 15 is 0 Å². The van der Waals surface area contributed by atoms with Gasteiger partial charge in [-0.15, -0.1) is 0 Å². The minimum absolute atomic E-state index is 0.202. The Kier molecular flexibility index (Phi) is 4.28. The Morgan fingerprint density at radius 1 is 1.56 bits per heavy atom. The molecule has 0 radical (unpaired) electrons. The standard InChI is InChI=1S/C12H18N2O2/c1-9(2)14(8-11(15)16-4)12-10(3)6-5-7-13-12/h5-7,9H,8H2,1-4H3. The molecule has 4 heteroatoms. The van der Waals surface area contributed by atoms with E-state index in [1.807, 2.05) is 37.8 Å². The quantitative estimate of drug-likeness (QED) is 0.728. The van der Waals surface area contributed by atoms with E-state index < -0.39 is 0 Å². The van der Waals surface area contributed by atoms with Crippen LogP contribution in [-0.4, -0.2) is 30.6 Å². The van der Waals surface area contributed by atoms with Gasteiger partial charge in [-0.1, -0.05) is 6.07 Å². The molecule has 0 bridgehead atoms. The zero-order valence-electron chi connectivity index (χ0n) is 10.2. The number of anilines is 1. The number of carbonyl (C=O) groups excluding carboxylic acids is 1. The Balaban J connectivity index is 2.94. The molecule has 1 aromatic heterocycles. The molecule has 0 saturated carbocycles. The molecule has 0 unspecified atom stereocenters.